The number of aliphatic imine (C=N–C) groups is 1. The molecule has 0 radical (unpaired) electrons. The van der Waals surface area contributed by atoms with Crippen LogP contribution in [-0.4, -0.2) is 62.5 Å². The number of carbonyl (C=O) groups excluding carboxylic acids is 1. The van der Waals surface area contributed by atoms with Crippen molar-refractivity contribution in [3.05, 3.63) is 66.2 Å². The van der Waals surface area contributed by atoms with Gasteiger partial charge in [0.05, 0.1) is 25.6 Å². The Kier molecular flexibility index (Phi) is 19.7. The maximum absolute atomic E-state index is 13.4. The van der Waals surface area contributed by atoms with Gasteiger partial charge in [0, 0.05) is 72.1 Å². The van der Waals surface area contributed by atoms with Crippen molar-refractivity contribution in [3.8, 4) is 113 Å². The second-order valence-electron chi connectivity index (χ2n) is 9.10. The Morgan fingerprint density at radius 3 is 1.76 bits per heavy atom. The molecule has 0 saturated heterocycles. The van der Waals surface area contributed by atoms with E-state index in [2.05, 4.69) is 135 Å². The van der Waals surface area contributed by atoms with Crippen molar-refractivity contribution in [2.75, 3.05) is 40.4 Å². The number of amides is 1. The van der Waals surface area contributed by atoms with Crippen molar-refractivity contribution < 1.29 is 19.0 Å². The fraction of sp³-hybridized carbons (Fsp3) is 0.190. The van der Waals surface area contributed by atoms with Crippen LogP contribution in [0.25, 0.3) is 0 Å². The van der Waals surface area contributed by atoms with Crippen LogP contribution in [0, 0.1) is 107 Å². The van der Waals surface area contributed by atoms with Crippen molar-refractivity contribution in [2.24, 2.45) is 15.2 Å². The van der Waals surface area contributed by atoms with Crippen molar-refractivity contribution >= 4 is 23.7 Å². The number of terminal acetylenes is 1. The van der Waals surface area contributed by atoms with Crippen LogP contribution < -0.4 is 4.74 Å². The molecule has 0 aliphatic heterocycles. The maximum atomic E-state index is 13.4. The third kappa shape index (κ3) is 17.2. The van der Waals surface area contributed by atoms with Gasteiger partial charge in [0.25, 0.3) is 11.8 Å². The van der Waals surface area contributed by atoms with Gasteiger partial charge in [-0.3, -0.25) is 9.69 Å². The van der Waals surface area contributed by atoms with E-state index in [1.54, 1.807) is 55.6 Å². The molecule has 0 N–H and O–H groups in total. The number of hydrogen-bond acceptors (Lipinski definition) is 8. The highest BCUT2D eigenvalue weighted by atomic mass is 16.5. The first-order chi connectivity index (χ1) is 25.0. The highest BCUT2D eigenvalue weighted by Gasteiger charge is 2.15. The number of methoxy groups -OCH3 is 2. The van der Waals surface area contributed by atoms with E-state index in [-0.39, 0.29) is 11.8 Å². The van der Waals surface area contributed by atoms with Crippen molar-refractivity contribution in [1.29, 1.82) is 0 Å². The number of azo groups is 1. The van der Waals surface area contributed by atoms with Crippen LogP contribution in [0.2, 0.25) is 0 Å². The monoisotopic (exact) mass is 669 g/mol. The predicted molar refractivity (Wildman–Crippen MR) is 198 cm³/mol. The molecule has 2 aromatic carbocycles. The Bertz CT molecular complexity index is 2150. The fourth-order valence-corrected chi connectivity index (χ4v) is 3.45. The van der Waals surface area contributed by atoms with E-state index >= 15 is 0 Å². The zero-order valence-electron chi connectivity index (χ0n) is 28.5. The summed E-state index contributed by atoms with van der Waals surface area (Å²) in [5, 5.41) is 8.16. The second kappa shape index (κ2) is 25.4. The van der Waals surface area contributed by atoms with E-state index in [1.165, 1.54) is 24.7 Å². The molecule has 0 atom stereocenters. The van der Waals surface area contributed by atoms with E-state index in [9.17, 15) is 4.79 Å². The Labute approximate surface area is 300 Å². The summed E-state index contributed by atoms with van der Waals surface area (Å²) in [6.07, 6.45) is 7.46. The summed E-state index contributed by atoms with van der Waals surface area (Å²) in [5.74, 6) is 40.5. The molecular formula is C42H31N5O4. The number of hydrogen-bond donors (Lipinski definition) is 0. The molecule has 0 bridgehead atoms. The molecule has 9 nitrogen and oxygen atoms in total. The first-order valence-electron chi connectivity index (χ1n) is 15.1. The Balaban J connectivity index is 2.08. The first-order valence-corrected chi connectivity index (χ1v) is 15.1. The van der Waals surface area contributed by atoms with Gasteiger partial charge in [-0.1, -0.05) is 13.8 Å². The maximum Gasteiger partial charge on any atom is 0.274 e. The summed E-state index contributed by atoms with van der Waals surface area (Å²) in [4.78, 5) is 21.3. The summed E-state index contributed by atoms with van der Waals surface area (Å²) < 4.78 is 15.6. The van der Waals surface area contributed by atoms with Crippen LogP contribution >= 0.6 is 0 Å². The molecule has 0 fully saturated rings. The largest absolute Gasteiger partial charge is 0.499 e. The SMILES string of the molecule is C#CC#CC#CC#CC#CC#CC#CC#CC#CN(CCN(CC)CC)C(=O)c1ccc(N=CO/C(=C/OC)N=Nc2ccc(OC)cc2)cc1. The molecule has 0 saturated carbocycles. The van der Waals surface area contributed by atoms with E-state index < -0.39 is 0 Å². The smallest absolute Gasteiger partial charge is 0.274 e. The minimum absolute atomic E-state index is 0.0792. The average Bonchev–Trinajstić information content (AvgIpc) is 3.16. The molecule has 1 amide bonds. The lowest BCUT2D eigenvalue weighted by Gasteiger charge is -2.22. The number of likely N-dealkylation sites (N-methyl/N-ethyl adjacent to an activating group) is 1. The van der Waals surface area contributed by atoms with Crippen molar-refractivity contribution in [3.63, 3.8) is 0 Å². The summed E-state index contributed by atoms with van der Waals surface area (Å²) >= 11 is 0. The molecule has 0 aromatic heterocycles. The highest BCUT2D eigenvalue weighted by Crippen LogP contribution is 2.19. The highest BCUT2D eigenvalue weighted by molar-refractivity contribution is 5.95. The lowest BCUT2D eigenvalue weighted by Crippen LogP contribution is -2.36. The number of carbonyl (C=O) groups is 1. The molecule has 0 aliphatic rings. The van der Waals surface area contributed by atoms with E-state index in [1.807, 2.05) is 0 Å². The van der Waals surface area contributed by atoms with Gasteiger partial charge >= 0.3 is 0 Å². The standard InChI is InChI=1S/C42H31N5O4/c1-6-9-10-11-12-13-14-15-16-17-18-19-20-21-22-23-32-47(34-33-46(7-2)8-3)42(48)37-24-26-38(27-25-37)43-36-51-41(35-49-4)45-44-39-28-30-40(50-5)31-29-39/h1,24-31,35-36H,7-8,33-34H2,2-5H3/b41-35+,43-36?,45-44?. The van der Waals surface area contributed by atoms with Crippen LogP contribution in [-0.2, 0) is 9.47 Å². The van der Waals surface area contributed by atoms with Crippen LogP contribution in [0.15, 0.2) is 75.9 Å². The third-order valence-electron chi connectivity index (χ3n) is 5.96. The number of benzene rings is 2. The van der Waals surface area contributed by atoms with Gasteiger partial charge in [-0.2, -0.15) is 0 Å². The van der Waals surface area contributed by atoms with Crippen molar-refractivity contribution in [2.45, 2.75) is 13.8 Å². The zero-order valence-corrected chi connectivity index (χ0v) is 28.5. The van der Waals surface area contributed by atoms with Crippen LogP contribution in [0.3, 0.4) is 0 Å². The zero-order chi connectivity index (χ0) is 36.8. The molecular weight excluding hydrogens is 638 g/mol. The summed E-state index contributed by atoms with van der Waals surface area (Å²) in [5.41, 5.74) is 1.56. The van der Waals surface area contributed by atoms with Gasteiger partial charge in [0.2, 0.25) is 0 Å². The normalized spacial score (nSPS) is 9.22. The van der Waals surface area contributed by atoms with E-state index in [4.69, 9.17) is 20.6 Å². The topological polar surface area (TPSA) is 88.3 Å². The van der Waals surface area contributed by atoms with Crippen molar-refractivity contribution in [1.82, 2.24) is 9.80 Å². The Morgan fingerprint density at radius 1 is 0.725 bits per heavy atom. The Morgan fingerprint density at radius 2 is 1.25 bits per heavy atom. The van der Waals surface area contributed by atoms with Gasteiger partial charge in [0.1, 0.15) is 12.0 Å². The molecule has 2 rings (SSSR count). The lowest BCUT2D eigenvalue weighted by molar-refractivity contribution is 0.0822. The summed E-state index contributed by atoms with van der Waals surface area (Å²) in [6, 6.07) is 16.5. The quantitative estimate of drug-likeness (QED) is 0.0749. The molecule has 51 heavy (non-hydrogen) atoms. The summed E-state index contributed by atoms with van der Waals surface area (Å²) in [6.45, 7) is 6.82. The fourth-order valence-electron chi connectivity index (χ4n) is 3.45. The number of nitrogens with zero attached hydrogens (tertiary/aromatic N) is 5. The van der Waals surface area contributed by atoms with Gasteiger partial charge < -0.3 is 19.1 Å². The minimum Gasteiger partial charge on any atom is -0.499 e. The van der Waals surface area contributed by atoms with Crippen LogP contribution in [0.5, 0.6) is 5.75 Å². The molecule has 248 valence electrons. The molecule has 0 heterocycles. The van der Waals surface area contributed by atoms with Crippen LogP contribution in [0.4, 0.5) is 11.4 Å². The molecule has 0 unspecified atom stereocenters. The van der Waals surface area contributed by atoms with E-state index in [0.717, 1.165) is 13.1 Å². The first kappa shape index (κ1) is 39.5. The van der Waals surface area contributed by atoms with E-state index in [0.29, 0.717) is 35.8 Å². The summed E-state index contributed by atoms with van der Waals surface area (Å²) in [7, 11) is 3.05. The van der Waals surface area contributed by atoms with Gasteiger partial charge in [-0.25, -0.2) is 4.99 Å². The Hall–Kier alpha value is -7.68. The van der Waals surface area contributed by atoms with Gasteiger partial charge in [-0.05, 0) is 109 Å². The van der Waals surface area contributed by atoms with Crippen LogP contribution in [0.1, 0.15) is 24.2 Å². The minimum atomic E-state index is -0.280. The predicted octanol–water partition coefficient (Wildman–Crippen LogP) is 5.00. The molecule has 0 spiro atoms. The third-order valence-corrected chi connectivity index (χ3v) is 5.96. The van der Waals surface area contributed by atoms with Gasteiger partial charge in [0.15, 0.2) is 6.40 Å². The number of ether oxygens (including phenoxy) is 3. The lowest BCUT2D eigenvalue weighted by atomic mass is 10.2. The second-order valence-corrected chi connectivity index (χ2v) is 9.10. The molecule has 0 aliphatic carbocycles. The van der Waals surface area contributed by atoms with Gasteiger partial charge in [-0.15, -0.1) is 16.7 Å². The molecule has 2 aromatic rings. The molecule has 9 heteroatoms. The number of rotatable bonds is 13. The average molecular weight is 670 g/mol.